The molecular formula is C9H10ClN3O. The van der Waals surface area contributed by atoms with Crippen LogP contribution in [-0.4, -0.2) is 21.7 Å². The van der Waals surface area contributed by atoms with Crippen LogP contribution in [0.15, 0.2) is 6.33 Å². The molecule has 3 N–H and O–H groups in total. The number of hydrogen-bond donors (Lipinski definition) is 2. The van der Waals surface area contributed by atoms with Crippen molar-refractivity contribution in [1.82, 2.24) is 9.97 Å². The Labute approximate surface area is 87.1 Å². The Morgan fingerprint density at radius 1 is 1.50 bits per heavy atom. The van der Waals surface area contributed by atoms with Gasteiger partial charge in [0.25, 0.3) is 0 Å². The van der Waals surface area contributed by atoms with E-state index in [1.165, 1.54) is 6.33 Å². The van der Waals surface area contributed by atoms with Crippen LogP contribution in [0.5, 0.6) is 0 Å². The monoisotopic (exact) mass is 211 g/mol. The lowest BCUT2D eigenvalue weighted by Crippen LogP contribution is -1.96. The number of aromatic nitrogens is 2. The normalized spacial score (nSPS) is 9.29. The van der Waals surface area contributed by atoms with Gasteiger partial charge in [-0.3, -0.25) is 0 Å². The number of rotatable bonds is 2. The van der Waals surface area contributed by atoms with Gasteiger partial charge in [0.1, 0.15) is 17.7 Å². The molecule has 0 aromatic carbocycles. The molecule has 0 amide bonds. The maximum absolute atomic E-state index is 8.52. The molecule has 0 radical (unpaired) electrons. The Kier molecular flexibility index (Phi) is 4.17. The second-order valence-electron chi connectivity index (χ2n) is 2.56. The van der Waals surface area contributed by atoms with Crippen molar-refractivity contribution in [3.63, 3.8) is 0 Å². The number of nitrogens with two attached hydrogens (primary N) is 1. The molecule has 0 atom stereocenters. The lowest BCUT2D eigenvalue weighted by atomic mass is 10.3. The zero-order chi connectivity index (χ0) is 10.4. The van der Waals surface area contributed by atoms with Gasteiger partial charge in [-0.25, -0.2) is 9.97 Å². The minimum Gasteiger partial charge on any atom is -0.396 e. The molecule has 0 fully saturated rings. The number of hydrogen-bond acceptors (Lipinski definition) is 4. The van der Waals surface area contributed by atoms with Crippen LogP contribution in [0.1, 0.15) is 18.5 Å². The maximum atomic E-state index is 8.52. The van der Waals surface area contributed by atoms with Crippen molar-refractivity contribution in [2.45, 2.75) is 12.8 Å². The van der Waals surface area contributed by atoms with Crippen LogP contribution in [-0.2, 0) is 0 Å². The van der Waals surface area contributed by atoms with E-state index in [4.69, 9.17) is 22.4 Å². The lowest BCUT2D eigenvalue weighted by molar-refractivity contribution is 0.290. The van der Waals surface area contributed by atoms with E-state index in [-0.39, 0.29) is 11.8 Å². The summed E-state index contributed by atoms with van der Waals surface area (Å²) in [6.07, 6.45) is 2.57. The molecule has 14 heavy (non-hydrogen) atoms. The summed E-state index contributed by atoms with van der Waals surface area (Å²) >= 11 is 5.67. The van der Waals surface area contributed by atoms with Crippen molar-refractivity contribution in [2.24, 2.45) is 0 Å². The quantitative estimate of drug-likeness (QED) is 0.432. The Balaban J connectivity index is 2.74. The van der Waals surface area contributed by atoms with Gasteiger partial charge in [0, 0.05) is 13.0 Å². The summed E-state index contributed by atoms with van der Waals surface area (Å²) in [5.74, 6) is 5.60. The number of nitrogen functional groups attached to an aromatic ring is 1. The van der Waals surface area contributed by atoms with Crippen LogP contribution in [0.3, 0.4) is 0 Å². The number of aliphatic hydroxyl groups is 1. The van der Waals surface area contributed by atoms with E-state index < -0.39 is 0 Å². The summed E-state index contributed by atoms with van der Waals surface area (Å²) in [6.45, 7) is 0.134. The summed E-state index contributed by atoms with van der Waals surface area (Å²) in [6, 6.07) is 0. The third-order valence-corrected chi connectivity index (χ3v) is 1.80. The fraction of sp³-hybridized carbons (Fsp3) is 0.333. The van der Waals surface area contributed by atoms with Crippen LogP contribution in [0.25, 0.3) is 0 Å². The van der Waals surface area contributed by atoms with Gasteiger partial charge in [-0.2, -0.15) is 0 Å². The van der Waals surface area contributed by atoms with E-state index in [1.807, 2.05) is 0 Å². The minimum absolute atomic E-state index is 0.134. The van der Waals surface area contributed by atoms with E-state index in [0.29, 0.717) is 24.2 Å². The van der Waals surface area contributed by atoms with Crippen molar-refractivity contribution in [2.75, 3.05) is 12.3 Å². The topological polar surface area (TPSA) is 72.0 Å². The zero-order valence-electron chi connectivity index (χ0n) is 7.50. The van der Waals surface area contributed by atoms with Gasteiger partial charge < -0.3 is 10.8 Å². The number of aliphatic hydroxyl groups excluding tert-OH is 1. The SMILES string of the molecule is Nc1c(Cl)ncnc1C#CCCCO. The van der Waals surface area contributed by atoms with Crippen molar-refractivity contribution in [1.29, 1.82) is 0 Å². The number of halogens is 1. The minimum atomic E-state index is 0.134. The average Bonchev–Trinajstić information content (AvgIpc) is 2.19. The van der Waals surface area contributed by atoms with Gasteiger partial charge in [0.15, 0.2) is 5.15 Å². The Hall–Kier alpha value is -1.31. The molecule has 0 spiro atoms. The predicted molar refractivity (Wildman–Crippen MR) is 54.7 cm³/mol. The Morgan fingerprint density at radius 3 is 3.00 bits per heavy atom. The molecule has 1 heterocycles. The Bertz CT molecular complexity index is 370. The smallest absolute Gasteiger partial charge is 0.156 e. The fourth-order valence-electron chi connectivity index (χ4n) is 0.787. The van der Waals surface area contributed by atoms with Gasteiger partial charge >= 0.3 is 0 Å². The molecule has 1 aromatic rings. The van der Waals surface area contributed by atoms with Gasteiger partial charge in [-0.15, -0.1) is 0 Å². The van der Waals surface area contributed by atoms with E-state index in [9.17, 15) is 0 Å². The molecule has 0 bridgehead atoms. The standard InChI is InChI=1S/C9H10ClN3O/c10-9-8(11)7(12-6-13-9)4-2-1-3-5-14/h6,14H,1,3,5,11H2. The summed E-state index contributed by atoms with van der Waals surface area (Å²) in [4.78, 5) is 7.59. The van der Waals surface area contributed by atoms with E-state index in [2.05, 4.69) is 21.8 Å². The second kappa shape index (κ2) is 5.43. The fourth-order valence-corrected chi connectivity index (χ4v) is 0.921. The van der Waals surface area contributed by atoms with Crippen LogP contribution in [0.4, 0.5) is 5.69 Å². The molecule has 0 unspecified atom stereocenters. The van der Waals surface area contributed by atoms with Crippen molar-refractivity contribution < 1.29 is 5.11 Å². The third-order valence-electron chi connectivity index (χ3n) is 1.50. The van der Waals surface area contributed by atoms with Crippen molar-refractivity contribution >= 4 is 17.3 Å². The van der Waals surface area contributed by atoms with Crippen LogP contribution in [0.2, 0.25) is 5.15 Å². The second-order valence-corrected chi connectivity index (χ2v) is 2.91. The molecule has 0 aliphatic heterocycles. The first-order chi connectivity index (χ1) is 6.75. The Morgan fingerprint density at radius 2 is 2.29 bits per heavy atom. The summed E-state index contributed by atoms with van der Waals surface area (Å²) in [5.41, 5.74) is 6.32. The van der Waals surface area contributed by atoms with Crippen molar-refractivity contribution in [3.05, 3.63) is 17.2 Å². The zero-order valence-corrected chi connectivity index (χ0v) is 8.25. The first-order valence-electron chi connectivity index (χ1n) is 4.11. The molecule has 4 nitrogen and oxygen atoms in total. The number of nitrogens with zero attached hydrogens (tertiary/aromatic N) is 2. The lowest BCUT2D eigenvalue weighted by Gasteiger charge is -1.96. The van der Waals surface area contributed by atoms with Gasteiger partial charge in [0.05, 0.1) is 0 Å². The molecule has 0 saturated heterocycles. The average molecular weight is 212 g/mol. The van der Waals surface area contributed by atoms with E-state index in [1.54, 1.807) is 0 Å². The molecule has 0 aliphatic carbocycles. The predicted octanol–water partition coefficient (Wildman–Crippen LogP) is 0.836. The maximum Gasteiger partial charge on any atom is 0.156 e. The first-order valence-corrected chi connectivity index (χ1v) is 4.49. The molecule has 74 valence electrons. The number of anilines is 1. The highest BCUT2D eigenvalue weighted by Crippen LogP contribution is 2.16. The van der Waals surface area contributed by atoms with Crippen LogP contribution in [0, 0.1) is 11.8 Å². The van der Waals surface area contributed by atoms with Gasteiger partial charge in [-0.05, 0) is 12.3 Å². The summed E-state index contributed by atoms with van der Waals surface area (Å²) in [5, 5.41) is 8.74. The van der Waals surface area contributed by atoms with Crippen LogP contribution < -0.4 is 5.73 Å². The van der Waals surface area contributed by atoms with Gasteiger partial charge in [-0.1, -0.05) is 17.5 Å². The molecule has 0 saturated carbocycles. The molecule has 1 rings (SSSR count). The van der Waals surface area contributed by atoms with Crippen LogP contribution >= 0.6 is 11.6 Å². The highest BCUT2D eigenvalue weighted by molar-refractivity contribution is 6.31. The summed E-state index contributed by atoms with van der Waals surface area (Å²) < 4.78 is 0. The molecule has 5 heteroatoms. The first kappa shape index (κ1) is 10.8. The molecular weight excluding hydrogens is 202 g/mol. The summed E-state index contributed by atoms with van der Waals surface area (Å²) in [7, 11) is 0. The molecule has 1 aromatic heterocycles. The third kappa shape index (κ3) is 2.87. The highest BCUT2D eigenvalue weighted by atomic mass is 35.5. The van der Waals surface area contributed by atoms with E-state index >= 15 is 0 Å². The number of unbranched alkanes of at least 4 members (excludes halogenated alkanes) is 1. The van der Waals surface area contributed by atoms with Gasteiger partial charge in [0.2, 0.25) is 0 Å². The van der Waals surface area contributed by atoms with E-state index in [0.717, 1.165) is 0 Å². The molecule has 0 aliphatic rings. The largest absolute Gasteiger partial charge is 0.396 e. The highest BCUT2D eigenvalue weighted by Gasteiger charge is 2.01. The van der Waals surface area contributed by atoms with Crippen molar-refractivity contribution in [3.8, 4) is 11.8 Å².